The number of aromatic nitrogens is 1. The summed E-state index contributed by atoms with van der Waals surface area (Å²) >= 11 is 6.13. The minimum absolute atomic E-state index is 0.139. The Morgan fingerprint density at radius 1 is 0.828 bits per heavy atom. The maximum Gasteiger partial charge on any atom is 0.150 e. The minimum atomic E-state index is 0.139. The number of aromatic hydroxyl groups is 1. The average Bonchev–Trinajstić information content (AvgIpc) is 3.20. The molecule has 0 aliphatic rings. The highest BCUT2D eigenvalue weighted by atomic mass is 32.1. The lowest BCUT2D eigenvalue weighted by atomic mass is 10.1. The molecule has 4 aromatic carbocycles. The van der Waals surface area contributed by atoms with Crippen LogP contribution in [0.2, 0.25) is 0 Å². The van der Waals surface area contributed by atoms with Crippen molar-refractivity contribution in [1.82, 2.24) is 4.98 Å². The van der Waals surface area contributed by atoms with Gasteiger partial charge < -0.3 is 5.11 Å². The first kappa shape index (κ1) is 17.8. The van der Waals surface area contributed by atoms with E-state index in [1.165, 1.54) is 0 Å². The second-order valence-electron chi connectivity index (χ2n) is 6.55. The summed E-state index contributed by atoms with van der Waals surface area (Å²) in [5.74, 6) is 0.139. The molecule has 0 aliphatic heterocycles. The van der Waals surface area contributed by atoms with Crippen molar-refractivity contribution in [3.63, 3.8) is 0 Å². The number of hydrogen-bond acceptors (Lipinski definition) is 6. The first-order valence-corrected chi connectivity index (χ1v) is 10.3. The number of fused-ring (bicyclic) bond motifs is 2. The average molecular weight is 414 g/mol. The van der Waals surface area contributed by atoms with E-state index >= 15 is 0 Å². The third-order valence-electron chi connectivity index (χ3n) is 4.66. The summed E-state index contributed by atoms with van der Waals surface area (Å²) in [6, 6.07) is 25.0. The maximum absolute atomic E-state index is 10.4. The molecule has 5 rings (SSSR count). The topological polar surface area (TPSA) is 57.8 Å². The van der Waals surface area contributed by atoms with Gasteiger partial charge in [0.2, 0.25) is 0 Å². The molecule has 1 heterocycles. The molecule has 0 amide bonds. The van der Waals surface area contributed by atoms with Gasteiger partial charge in [-0.1, -0.05) is 36.4 Å². The van der Waals surface area contributed by atoms with Gasteiger partial charge in [0.05, 0.1) is 15.9 Å². The van der Waals surface area contributed by atoms with Gasteiger partial charge >= 0.3 is 0 Å². The van der Waals surface area contributed by atoms with Gasteiger partial charge in [-0.25, -0.2) is 4.98 Å². The van der Waals surface area contributed by atoms with E-state index in [-0.39, 0.29) is 5.75 Å². The van der Waals surface area contributed by atoms with Gasteiger partial charge in [-0.15, -0.1) is 29.1 Å². The van der Waals surface area contributed by atoms with Gasteiger partial charge in [0.1, 0.15) is 10.7 Å². The van der Waals surface area contributed by atoms with Gasteiger partial charge in [-0.3, -0.25) is 0 Å². The molecular weight excluding hydrogens is 398 g/mol. The summed E-state index contributed by atoms with van der Waals surface area (Å²) in [7, 11) is 0. The number of nitrogens with zero attached hydrogens (tertiary/aromatic N) is 3. The molecule has 0 atom stereocenters. The lowest BCUT2D eigenvalue weighted by Gasteiger charge is -2.03. The van der Waals surface area contributed by atoms with E-state index in [9.17, 15) is 5.11 Å². The smallest absolute Gasteiger partial charge is 0.150 e. The van der Waals surface area contributed by atoms with Gasteiger partial charge in [0.25, 0.3) is 0 Å². The molecule has 0 bridgehead atoms. The quantitative estimate of drug-likeness (QED) is 0.237. The molecule has 5 aromatic rings. The summed E-state index contributed by atoms with van der Waals surface area (Å²) < 4.78 is 1.08. The maximum atomic E-state index is 10.4. The first-order valence-electron chi connectivity index (χ1n) is 9.00. The second-order valence-corrected chi connectivity index (χ2v) is 8.03. The van der Waals surface area contributed by atoms with Crippen LogP contribution in [0.25, 0.3) is 31.6 Å². The van der Waals surface area contributed by atoms with Crippen molar-refractivity contribution in [1.29, 1.82) is 0 Å². The summed E-state index contributed by atoms with van der Waals surface area (Å²) in [6.07, 6.45) is 0. The third-order valence-corrected chi connectivity index (χ3v) is 6.34. The molecule has 29 heavy (non-hydrogen) atoms. The minimum Gasteiger partial charge on any atom is -0.505 e. The van der Waals surface area contributed by atoms with Crippen molar-refractivity contribution >= 4 is 56.3 Å². The SMILES string of the molecule is Oc1c(/N=N/c2ccc(-c3nc4cccc(S)c4s3)cc2)ccc2ccccc12. The summed E-state index contributed by atoms with van der Waals surface area (Å²) in [5, 5.41) is 21.6. The lowest BCUT2D eigenvalue weighted by Crippen LogP contribution is -1.76. The molecular formula is C23H15N3OS2. The summed E-state index contributed by atoms with van der Waals surface area (Å²) in [5.41, 5.74) is 3.12. The number of benzene rings is 4. The number of hydrogen-bond donors (Lipinski definition) is 2. The van der Waals surface area contributed by atoms with Crippen molar-refractivity contribution in [2.75, 3.05) is 0 Å². The second kappa shape index (κ2) is 7.31. The number of rotatable bonds is 3. The van der Waals surface area contributed by atoms with Crippen LogP contribution in [0.1, 0.15) is 0 Å². The van der Waals surface area contributed by atoms with E-state index in [1.807, 2.05) is 72.8 Å². The highest BCUT2D eigenvalue weighted by Gasteiger charge is 2.09. The predicted octanol–water partition coefficient (Wildman–Crippen LogP) is 7.53. The van der Waals surface area contributed by atoms with Crippen LogP contribution >= 0.6 is 24.0 Å². The van der Waals surface area contributed by atoms with E-state index in [2.05, 4.69) is 22.9 Å². The van der Waals surface area contributed by atoms with E-state index < -0.39 is 0 Å². The molecule has 0 aliphatic carbocycles. The fourth-order valence-corrected chi connectivity index (χ4v) is 4.48. The molecule has 140 valence electrons. The third kappa shape index (κ3) is 3.37. The molecule has 0 saturated carbocycles. The molecule has 4 nitrogen and oxygen atoms in total. The Labute approximate surface area is 176 Å². The zero-order valence-corrected chi connectivity index (χ0v) is 16.9. The highest BCUT2D eigenvalue weighted by Crippen LogP contribution is 2.36. The number of thiol groups is 1. The Hall–Kier alpha value is -3.22. The van der Waals surface area contributed by atoms with Gasteiger partial charge in [-0.2, -0.15) is 5.11 Å². The zero-order valence-electron chi connectivity index (χ0n) is 15.1. The molecule has 6 heteroatoms. The fourth-order valence-electron chi connectivity index (χ4n) is 3.16. The van der Waals surface area contributed by atoms with Gasteiger partial charge in [0, 0.05) is 15.8 Å². The van der Waals surface area contributed by atoms with Gasteiger partial charge in [-0.05, 0) is 47.9 Å². The van der Waals surface area contributed by atoms with Crippen LogP contribution < -0.4 is 0 Å². The van der Waals surface area contributed by atoms with Gasteiger partial charge in [0.15, 0.2) is 5.75 Å². The normalized spacial score (nSPS) is 11.6. The largest absolute Gasteiger partial charge is 0.505 e. The first-order chi connectivity index (χ1) is 14.2. The van der Waals surface area contributed by atoms with Crippen molar-refractivity contribution in [2.24, 2.45) is 10.2 Å². The van der Waals surface area contributed by atoms with Crippen LogP contribution in [-0.2, 0) is 0 Å². The summed E-state index contributed by atoms with van der Waals surface area (Å²) in [4.78, 5) is 5.63. The lowest BCUT2D eigenvalue weighted by molar-refractivity contribution is 0.482. The zero-order chi connectivity index (χ0) is 19.8. The number of phenols is 1. The van der Waals surface area contributed by atoms with E-state index in [0.29, 0.717) is 11.4 Å². The van der Waals surface area contributed by atoms with Crippen LogP contribution in [0.5, 0.6) is 5.75 Å². The molecule has 1 aromatic heterocycles. The Morgan fingerprint density at radius 2 is 1.66 bits per heavy atom. The molecule has 0 radical (unpaired) electrons. The van der Waals surface area contributed by atoms with Crippen molar-refractivity contribution in [3.05, 3.63) is 78.9 Å². The monoisotopic (exact) mass is 413 g/mol. The Balaban J connectivity index is 1.43. The van der Waals surface area contributed by atoms with E-state index in [4.69, 9.17) is 4.98 Å². The summed E-state index contributed by atoms with van der Waals surface area (Å²) in [6.45, 7) is 0. The highest BCUT2D eigenvalue weighted by molar-refractivity contribution is 7.80. The standard InChI is InChI=1S/C23H15N3OS2/c27-21-17-5-2-1-4-14(17)10-13-18(21)26-25-16-11-8-15(9-12-16)23-24-19-6-3-7-20(28)22(19)29-23/h1-13,27-28H/b26-25+. The Morgan fingerprint density at radius 3 is 2.48 bits per heavy atom. The van der Waals surface area contributed by atoms with Crippen molar-refractivity contribution in [2.45, 2.75) is 4.90 Å². The number of azo groups is 1. The predicted molar refractivity (Wildman–Crippen MR) is 122 cm³/mol. The van der Waals surface area contributed by atoms with Crippen molar-refractivity contribution < 1.29 is 5.11 Å². The Kier molecular flexibility index (Phi) is 4.50. The van der Waals surface area contributed by atoms with Crippen LogP contribution in [0.4, 0.5) is 11.4 Å². The molecule has 0 fully saturated rings. The van der Waals surface area contributed by atoms with Crippen LogP contribution in [0.15, 0.2) is 94.0 Å². The Bertz CT molecular complexity index is 1370. The molecule has 0 spiro atoms. The molecule has 1 N–H and O–H groups in total. The molecule has 0 saturated heterocycles. The van der Waals surface area contributed by atoms with Crippen LogP contribution in [0, 0.1) is 0 Å². The van der Waals surface area contributed by atoms with E-state index in [1.54, 1.807) is 17.4 Å². The number of phenolic OH excluding ortho intramolecular Hbond substituents is 1. The fraction of sp³-hybridized carbons (Fsp3) is 0. The number of thiazole rings is 1. The van der Waals surface area contributed by atoms with Crippen LogP contribution in [-0.4, -0.2) is 10.1 Å². The van der Waals surface area contributed by atoms with E-state index in [0.717, 1.165) is 36.5 Å². The van der Waals surface area contributed by atoms with Crippen molar-refractivity contribution in [3.8, 4) is 16.3 Å². The van der Waals surface area contributed by atoms with Crippen LogP contribution in [0.3, 0.4) is 0 Å². The molecule has 0 unspecified atom stereocenters.